The number of aliphatic carboxylic acids is 1. The maximum atomic E-state index is 12.9. The lowest BCUT2D eigenvalue weighted by Crippen LogP contribution is -2.48. The number of nitrogens with zero attached hydrogens (tertiary/aromatic N) is 2. The van der Waals surface area contributed by atoms with Gasteiger partial charge in [-0.25, -0.2) is 4.79 Å². The second kappa shape index (κ2) is 8.65. The van der Waals surface area contributed by atoms with Crippen molar-refractivity contribution < 1.29 is 24.2 Å². The lowest BCUT2D eigenvalue weighted by Gasteiger charge is -2.29. The highest BCUT2D eigenvalue weighted by atomic mass is 32.2. The molecule has 1 aromatic rings. The quantitative estimate of drug-likeness (QED) is 0.797. The normalized spacial score (nSPS) is 16.9. The summed E-state index contributed by atoms with van der Waals surface area (Å²) in [6.07, 6.45) is 0.399. The number of anilines is 1. The Labute approximate surface area is 163 Å². The van der Waals surface area contributed by atoms with Crippen molar-refractivity contribution in [2.45, 2.75) is 33.2 Å². The van der Waals surface area contributed by atoms with Gasteiger partial charge in [0.1, 0.15) is 11.8 Å². The molecule has 1 N–H and O–H groups in total. The van der Waals surface area contributed by atoms with Crippen molar-refractivity contribution in [2.24, 2.45) is 5.41 Å². The molecular formula is C19H26N2O5S. The molecule has 1 unspecified atom stereocenters. The number of ether oxygens (including phenoxy) is 1. The highest BCUT2D eigenvalue weighted by Crippen LogP contribution is 2.28. The van der Waals surface area contributed by atoms with E-state index < -0.39 is 18.6 Å². The summed E-state index contributed by atoms with van der Waals surface area (Å²) in [5.41, 5.74) is 0.526. The van der Waals surface area contributed by atoms with Gasteiger partial charge >= 0.3 is 5.97 Å². The van der Waals surface area contributed by atoms with E-state index in [0.29, 0.717) is 29.5 Å². The van der Waals surface area contributed by atoms with Gasteiger partial charge in [-0.15, -0.1) is 11.8 Å². The summed E-state index contributed by atoms with van der Waals surface area (Å²) in [4.78, 5) is 39.3. The van der Waals surface area contributed by atoms with Crippen molar-refractivity contribution in [2.75, 3.05) is 30.2 Å². The highest BCUT2D eigenvalue weighted by Gasteiger charge is 2.37. The van der Waals surface area contributed by atoms with E-state index in [1.165, 1.54) is 4.90 Å². The summed E-state index contributed by atoms with van der Waals surface area (Å²) in [6, 6.07) is 6.15. The highest BCUT2D eigenvalue weighted by molar-refractivity contribution is 7.99. The Bertz CT molecular complexity index is 699. The molecule has 27 heavy (non-hydrogen) atoms. The first-order chi connectivity index (χ1) is 12.6. The topological polar surface area (TPSA) is 87.2 Å². The fourth-order valence-electron chi connectivity index (χ4n) is 2.71. The zero-order chi connectivity index (χ0) is 20.2. The summed E-state index contributed by atoms with van der Waals surface area (Å²) in [5.74, 6) is 0.337. The van der Waals surface area contributed by atoms with Gasteiger partial charge < -0.3 is 19.6 Å². The van der Waals surface area contributed by atoms with Crippen LogP contribution < -0.4 is 9.64 Å². The van der Waals surface area contributed by atoms with Gasteiger partial charge in [-0.2, -0.15) is 0 Å². The van der Waals surface area contributed by atoms with Crippen LogP contribution in [0.15, 0.2) is 24.3 Å². The van der Waals surface area contributed by atoms with Crippen molar-refractivity contribution in [1.29, 1.82) is 0 Å². The Morgan fingerprint density at radius 1 is 1.26 bits per heavy atom. The second-order valence-corrected chi connectivity index (χ2v) is 8.69. The van der Waals surface area contributed by atoms with E-state index in [9.17, 15) is 14.4 Å². The number of hydrogen-bond donors (Lipinski definition) is 1. The SMILES string of the molecule is CN(C(=O)C1CSCN1C(=O)CC(C)(C)C)c1ccc(OCC(=O)O)cc1. The predicted octanol–water partition coefficient (Wildman–Crippen LogP) is 2.45. The number of thioether (sulfide) groups is 1. The van der Waals surface area contributed by atoms with E-state index >= 15 is 0 Å². The van der Waals surface area contributed by atoms with Gasteiger partial charge in [0.05, 0.1) is 5.88 Å². The minimum Gasteiger partial charge on any atom is -0.482 e. The Kier molecular flexibility index (Phi) is 6.75. The van der Waals surface area contributed by atoms with Crippen molar-refractivity contribution in [3.8, 4) is 5.75 Å². The van der Waals surface area contributed by atoms with Gasteiger partial charge in [0.25, 0.3) is 0 Å². The molecule has 0 spiro atoms. The van der Waals surface area contributed by atoms with E-state index in [-0.39, 0.29) is 17.2 Å². The van der Waals surface area contributed by atoms with Crippen LogP contribution in [0.2, 0.25) is 0 Å². The number of carbonyl (C=O) groups excluding carboxylic acids is 2. The molecule has 8 heteroatoms. The van der Waals surface area contributed by atoms with E-state index in [1.54, 1.807) is 48.0 Å². The van der Waals surface area contributed by atoms with Crippen LogP contribution in [-0.2, 0) is 14.4 Å². The smallest absolute Gasteiger partial charge is 0.341 e. The van der Waals surface area contributed by atoms with E-state index in [1.807, 2.05) is 20.8 Å². The Morgan fingerprint density at radius 3 is 2.44 bits per heavy atom. The van der Waals surface area contributed by atoms with Crippen molar-refractivity contribution in [1.82, 2.24) is 4.90 Å². The molecule has 1 fully saturated rings. The summed E-state index contributed by atoms with van der Waals surface area (Å²) in [7, 11) is 1.67. The van der Waals surface area contributed by atoms with Crippen LogP contribution in [0.4, 0.5) is 5.69 Å². The number of rotatable bonds is 6. The van der Waals surface area contributed by atoms with Crippen LogP contribution >= 0.6 is 11.8 Å². The van der Waals surface area contributed by atoms with Gasteiger partial charge in [-0.3, -0.25) is 9.59 Å². The van der Waals surface area contributed by atoms with Crippen molar-refractivity contribution in [3.63, 3.8) is 0 Å². The van der Waals surface area contributed by atoms with Gasteiger partial charge in [-0.1, -0.05) is 20.8 Å². The molecule has 0 aromatic heterocycles. The largest absolute Gasteiger partial charge is 0.482 e. The fraction of sp³-hybridized carbons (Fsp3) is 0.526. The van der Waals surface area contributed by atoms with Gasteiger partial charge in [-0.05, 0) is 29.7 Å². The Hall–Kier alpha value is -2.22. The van der Waals surface area contributed by atoms with Gasteiger partial charge in [0, 0.05) is 24.9 Å². The van der Waals surface area contributed by atoms with Crippen LogP contribution in [0.1, 0.15) is 27.2 Å². The van der Waals surface area contributed by atoms with Gasteiger partial charge in [0.2, 0.25) is 11.8 Å². The van der Waals surface area contributed by atoms with Gasteiger partial charge in [0.15, 0.2) is 6.61 Å². The molecule has 7 nitrogen and oxygen atoms in total. The summed E-state index contributed by atoms with van der Waals surface area (Å²) in [6.45, 7) is 5.60. The van der Waals surface area contributed by atoms with Crippen LogP contribution in [0.25, 0.3) is 0 Å². The number of carbonyl (C=O) groups is 3. The molecule has 0 aliphatic carbocycles. The van der Waals surface area contributed by atoms with Crippen LogP contribution in [-0.4, -0.2) is 59.1 Å². The number of likely N-dealkylation sites (N-methyl/N-ethyl adjacent to an activating group) is 1. The summed E-state index contributed by atoms with van der Waals surface area (Å²) >= 11 is 1.58. The molecule has 2 amide bonds. The second-order valence-electron chi connectivity index (χ2n) is 7.69. The molecule has 148 valence electrons. The lowest BCUT2D eigenvalue weighted by molar-refractivity contribution is -0.139. The standard InChI is InChI=1S/C19H26N2O5S/c1-19(2,3)9-16(22)21-12-27-11-15(21)18(25)20(4)13-5-7-14(8-6-13)26-10-17(23)24/h5-8,15H,9-12H2,1-4H3,(H,23,24). The average molecular weight is 394 g/mol. The summed E-state index contributed by atoms with van der Waals surface area (Å²) < 4.78 is 5.10. The number of benzene rings is 1. The number of carboxylic acids is 1. The molecule has 2 rings (SSSR count). The molecule has 1 aliphatic rings. The Balaban J connectivity index is 2.05. The molecule has 1 heterocycles. The lowest BCUT2D eigenvalue weighted by atomic mass is 9.91. The molecule has 1 aromatic carbocycles. The van der Waals surface area contributed by atoms with Crippen LogP contribution in [0, 0.1) is 5.41 Å². The fourth-order valence-corrected chi connectivity index (χ4v) is 3.88. The third-order valence-electron chi connectivity index (χ3n) is 4.09. The van der Waals surface area contributed by atoms with Crippen LogP contribution in [0.3, 0.4) is 0 Å². The van der Waals surface area contributed by atoms with Crippen molar-refractivity contribution >= 4 is 35.2 Å². The number of carboxylic acid groups (broad SMARTS) is 1. The maximum absolute atomic E-state index is 12.9. The number of hydrogen-bond acceptors (Lipinski definition) is 5. The zero-order valence-corrected chi connectivity index (χ0v) is 16.9. The minimum atomic E-state index is -1.05. The maximum Gasteiger partial charge on any atom is 0.341 e. The summed E-state index contributed by atoms with van der Waals surface area (Å²) in [5, 5.41) is 8.64. The average Bonchev–Trinajstić information content (AvgIpc) is 3.07. The molecule has 0 radical (unpaired) electrons. The van der Waals surface area contributed by atoms with Crippen molar-refractivity contribution in [3.05, 3.63) is 24.3 Å². The van der Waals surface area contributed by atoms with Crippen LogP contribution in [0.5, 0.6) is 5.75 Å². The van der Waals surface area contributed by atoms with E-state index in [2.05, 4.69) is 0 Å². The Morgan fingerprint density at radius 2 is 1.89 bits per heavy atom. The molecule has 1 atom stereocenters. The first-order valence-corrected chi connectivity index (χ1v) is 9.83. The molecule has 1 saturated heterocycles. The van der Waals surface area contributed by atoms with E-state index in [0.717, 1.165) is 0 Å². The minimum absolute atomic E-state index is 0.00308. The predicted molar refractivity (Wildman–Crippen MR) is 105 cm³/mol. The third kappa shape index (κ3) is 5.89. The molecule has 0 bridgehead atoms. The molecule has 1 aliphatic heterocycles. The molecule has 0 saturated carbocycles. The van der Waals surface area contributed by atoms with E-state index in [4.69, 9.17) is 9.84 Å². The molecular weight excluding hydrogens is 368 g/mol. The zero-order valence-electron chi connectivity index (χ0n) is 16.1. The first-order valence-electron chi connectivity index (χ1n) is 8.68. The third-order valence-corrected chi connectivity index (χ3v) is 5.10. The number of amides is 2. The first kappa shape index (κ1) is 21.1. The monoisotopic (exact) mass is 394 g/mol.